The number of hydrogen-bond donors (Lipinski definition) is 1. The quantitative estimate of drug-likeness (QED) is 0.834. The molecule has 0 amide bonds. The summed E-state index contributed by atoms with van der Waals surface area (Å²) in [6.45, 7) is 6.23. The van der Waals surface area contributed by atoms with Gasteiger partial charge in [-0.15, -0.1) is 6.42 Å². The van der Waals surface area contributed by atoms with E-state index in [2.05, 4.69) is 31.4 Å². The number of benzene rings is 1. The summed E-state index contributed by atoms with van der Waals surface area (Å²) in [5.41, 5.74) is 1.10. The maximum atomic E-state index is 11.7. The van der Waals surface area contributed by atoms with Crippen LogP contribution in [-0.2, 0) is 15.4 Å². The van der Waals surface area contributed by atoms with E-state index >= 15 is 0 Å². The van der Waals surface area contributed by atoms with E-state index in [0.29, 0.717) is 0 Å². The summed E-state index contributed by atoms with van der Waals surface area (Å²) in [4.78, 5) is 0.237. The van der Waals surface area contributed by atoms with Gasteiger partial charge in [-0.3, -0.25) is 0 Å². The van der Waals surface area contributed by atoms with Gasteiger partial charge >= 0.3 is 0 Å². The van der Waals surface area contributed by atoms with Crippen LogP contribution in [0, 0.1) is 12.3 Å². The SMILES string of the molecule is C#CCNS(=O)(=O)c1ccc(C(C)(C)C)cc1. The zero-order chi connectivity index (χ0) is 13.1. The predicted molar refractivity (Wildman–Crippen MR) is 69.2 cm³/mol. The van der Waals surface area contributed by atoms with Gasteiger partial charge in [-0.2, -0.15) is 4.72 Å². The van der Waals surface area contributed by atoms with E-state index in [1.165, 1.54) is 0 Å². The summed E-state index contributed by atoms with van der Waals surface area (Å²) in [6, 6.07) is 6.84. The Hall–Kier alpha value is -1.31. The molecule has 0 saturated carbocycles. The second-order valence-corrected chi connectivity index (χ2v) is 6.57. The first-order valence-electron chi connectivity index (χ1n) is 5.31. The average Bonchev–Trinajstić information content (AvgIpc) is 2.25. The number of terminal acetylenes is 1. The summed E-state index contributed by atoms with van der Waals surface area (Å²) >= 11 is 0. The van der Waals surface area contributed by atoms with Gasteiger partial charge in [0, 0.05) is 0 Å². The minimum atomic E-state index is -3.48. The van der Waals surface area contributed by atoms with Crippen molar-refractivity contribution in [3.8, 4) is 12.3 Å². The highest BCUT2D eigenvalue weighted by Crippen LogP contribution is 2.23. The number of hydrogen-bond acceptors (Lipinski definition) is 2. The molecule has 0 bridgehead atoms. The highest BCUT2D eigenvalue weighted by atomic mass is 32.2. The molecule has 0 spiro atoms. The molecule has 0 aliphatic rings. The van der Waals surface area contributed by atoms with Crippen LogP contribution in [0.1, 0.15) is 26.3 Å². The molecule has 0 fully saturated rings. The minimum absolute atomic E-state index is 0.00333. The summed E-state index contributed by atoms with van der Waals surface area (Å²) in [5, 5.41) is 0. The maximum absolute atomic E-state index is 11.7. The molecule has 1 N–H and O–H groups in total. The number of nitrogens with one attached hydrogen (secondary N) is 1. The number of sulfonamides is 1. The normalized spacial score (nSPS) is 12.1. The van der Waals surface area contributed by atoms with Crippen molar-refractivity contribution in [1.29, 1.82) is 0 Å². The molecular weight excluding hydrogens is 234 g/mol. The van der Waals surface area contributed by atoms with Crippen molar-refractivity contribution in [1.82, 2.24) is 4.72 Å². The Balaban J connectivity index is 3.00. The summed E-state index contributed by atoms with van der Waals surface area (Å²) in [7, 11) is -3.48. The fourth-order valence-corrected chi connectivity index (χ4v) is 2.29. The van der Waals surface area contributed by atoms with E-state index in [1.807, 2.05) is 12.1 Å². The Morgan fingerprint density at radius 3 is 2.18 bits per heavy atom. The first kappa shape index (κ1) is 13.8. The molecule has 0 atom stereocenters. The van der Waals surface area contributed by atoms with Crippen LogP contribution in [0.3, 0.4) is 0 Å². The zero-order valence-electron chi connectivity index (χ0n) is 10.3. The molecule has 0 heterocycles. The molecular formula is C13H17NO2S. The largest absolute Gasteiger partial charge is 0.241 e. The third-order valence-corrected chi connectivity index (χ3v) is 3.81. The lowest BCUT2D eigenvalue weighted by molar-refractivity contribution is 0.581. The molecule has 0 saturated heterocycles. The topological polar surface area (TPSA) is 46.2 Å². The van der Waals surface area contributed by atoms with Crippen molar-refractivity contribution in [2.75, 3.05) is 6.54 Å². The lowest BCUT2D eigenvalue weighted by atomic mass is 9.87. The van der Waals surface area contributed by atoms with Crippen LogP contribution in [0.4, 0.5) is 0 Å². The smallest absolute Gasteiger partial charge is 0.207 e. The van der Waals surface area contributed by atoms with Gasteiger partial charge < -0.3 is 0 Å². The third-order valence-electron chi connectivity index (χ3n) is 2.39. The average molecular weight is 251 g/mol. The van der Waals surface area contributed by atoms with Crippen molar-refractivity contribution in [3.63, 3.8) is 0 Å². The van der Waals surface area contributed by atoms with Crippen molar-refractivity contribution < 1.29 is 8.42 Å². The zero-order valence-corrected chi connectivity index (χ0v) is 11.1. The van der Waals surface area contributed by atoms with Gasteiger partial charge in [0.2, 0.25) is 10.0 Å². The second-order valence-electron chi connectivity index (χ2n) is 4.80. The molecule has 0 radical (unpaired) electrons. The highest BCUT2D eigenvalue weighted by molar-refractivity contribution is 7.89. The number of rotatable bonds is 3. The Morgan fingerprint density at radius 1 is 1.24 bits per heavy atom. The molecule has 1 aromatic rings. The van der Waals surface area contributed by atoms with Gasteiger partial charge in [0.1, 0.15) is 0 Å². The molecule has 4 heteroatoms. The van der Waals surface area contributed by atoms with Crippen LogP contribution >= 0.6 is 0 Å². The molecule has 92 valence electrons. The van der Waals surface area contributed by atoms with Gasteiger partial charge in [0.05, 0.1) is 11.4 Å². The Labute approximate surface area is 103 Å². The van der Waals surface area contributed by atoms with E-state index in [4.69, 9.17) is 6.42 Å². The van der Waals surface area contributed by atoms with Gasteiger partial charge in [-0.25, -0.2) is 8.42 Å². The van der Waals surface area contributed by atoms with Crippen LogP contribution in [-0.4, -0.2) is 15.0 Å². The van der Waals surface area contributed by atoms with E-state index in [0.717, 1.165) is 5.56 Å². The van der Waals surface area contributed by atoms with Crippen LogP contribution in [0.2, 0.25) is 0 Å². The van der Waals surface area contributed by atoms with E-state index in [1.54, 1.807) is 12.1 Å². The molecule has 0 aliphatic carbocycles. The van der Waals surface area contributed by atoms with E-state index in [9.17, 15) is 8.42 Å². The van der Waals surface area contributed by atoms with Gasteiger partial charge in [-0.1, -0.05) is 38.8 Å². The molecule has 1 aromatic carbocycles. The van der Waals surface area contributed by atoms with Crippen molar-refractivity contribution in [2.24, 2.45) is 0 Å². The fraction of sp³-hybridized carbons (Fsp3) is 0.385. The molecule has 0 aliphatic heterocycles. The Kier molecular flexibility index (Phi) is 3.97. The summed E-state index contributed by atoms with van der Waals surface area (Å²) in [5.74, 6) is 2.24. The van der Waals surface area contributed by atoms with Crippen molar-refractivity contribution in [3.05, 3.63) is 29.8 Å². The first-order chi connectivity index (χ1) is 7.77. The molecule has 17 heavy (non-hydrogen) atoms. The van der Waals surface area contributed by atoms with Crippen LogP contribution < -0.4 is 4.72 Å². The van der Waals surface area contributed by atoms with Gasteiger partial charge in [-0.05, 0) is 23.1 Å². The van der Waals surface area contributed by atoms with E-state index < -0.39 is 10.0 Å². The van der Waals surface area contributed by atoms with Crippen LogP contribution in [0.25, 0.3) is 0 Å². The monoisotopic (exact) mass is 251 g/mol. The summed E-state index contributed by atoms with van der Waals surface area (Å²) < 4.78 is 25.8. The van der Waals surface area contributed by atoms with E-state index in [-0.39, 0.29) is 16.9 Å². The fourth-order valence-electron chi connectivity index (χ4n) is 1.35. The maximum Gasteiger partial charge on any atom is 0.241 e. The standard InChI is InChI=1S/C13H17NO2S/c1-5-10-14-17(15,16)12-8-6-11(7-9-12)13(2,3)4/h1,6-9,14H,10H2,2-4H3. The Bertz CT molecular complexity index is 516. The van der Waals surface area contributed by atoms with Crippen LogP contribution in [0.15, 0.2) is 29.2 Å². The van der Waals surface area contributed by atoms with Crippen molar-refractivity contribution >= 4 is 10.0 Å². The highest BCUT2D eigenvalue weighted by Gasteiger charge is 2.16. The van der Waals surface area contributed by atoms with Gasteiger partial charge in [0.25, 0.3) is 0 Å². The molecule has 0 unspecified atom stereocenters. The molecule has 1 rings (SSSR count). The minimum Gasteiger partial charge on any atom is -0.207 e. The van der Waals surface area contributed by atoms with Gasteiger partial charge in [0.15, 0.2) is 0 Å². The first-order valence-corrected chi connectivity index (χ1v) is 6.79. The Morgan fingerprint density at radius 2 is 1.76 bits per heavy atom. The van der Waals surface area contributed by atoms with Crippen molar-refractivity contribution in [2.45, 2.75) is 31.1 Å². The predicted octanol–water partition coefficient (Wildman–Crippen LogP) is 1.90. The molecule has 0 aromatic heterocycles. The molecule has 3 nitrogen and oxygen atoms in total. The third kappa shape index (κ3) is 3.58. The lowest BCUT2D eigenvalue weighted by Crippen LogP contribution is -2.24. The van der Waals surface area contributed by atoms with Crippen LogP contribution in [0.5, 0.6) is 0 Å². The lowest BCUT2D eigenvalue weighted by Gasteiger charge is -2.19. The second kappa shape index (κ2) is 4.91. The summed E-state index contributed by atoms with van der Waals surface area (Å²) in [6.07, 6.45) is 5.02.